The molecule has 2 atom stereocenters. The molecule has 2 heteroatoms. The molecule has 0 spiro atoms. The van der Waals surface area contributed by atoms with Gasteiger partial charge in [0.1, 0.15) is 0 Å². The van der Waals surface area contributed by atoms with Crippen LogP contribution >= 0.6 is 0 Å². The number of amides is 1. The number of fused-ring (bicyclic) bond motifs is 1. The van der Waals surface area contributed by atoms with Crippen molar-refractivity contribution in [1.29, 1.82) is 0 Å². The van der Waals surface area contributed by atoms with E-state index in [1.165, 1.54) is 19.3 Å². The predicted molar refractivity (Wildman–Crippen MR) is 59.3 cm³/mol. The molecule has 3 fully saturated rings. The van der Waals surface area contributed by atoms with Crippen molar-refractivity contribution in [3.8, 4) is 0 Å². The van der Waals surface area contributed by atoms with Crippen molar-refractivity contribution in [2.24, 2.45) is 23.7 Å². The molecule has 1 amide bonds. The second-order valence-electron chi connectivity index (χ2n) is 6.41. The summed E-state index contributed by atoms with van der Waals surface area (Å²) in [5.41, 5.74) is 0.0455. The van der Waals surface area contributed by atoms with Crippen molar-refractivity contribution in [1.82, 2.24) is 5.32 Å². The zero-order chi connectivity index (χ0) is 10.6. The Bertz CT molecular complexity index is 283. The van der Waals surface area contributed by atoms with Gasteiger partial charge in [-0.2, -0.15) is 0 Å². The Kier molecular flexibility index (Phi) is 1.93. The summed E-state index contributed by atoms with van der Waals surface area (Å²) in [4.78, 5) is 12.0. The van der Waals surface area contributed by atoms with Crippen LogP contribution in [0.15, 0.2) is 0 Å². The second kappa shape index (κ2) is 2.99. The minimum absolute atomic E-state index is 0.0455. The number of hydrogen-bond donors (Lipinski definition) is 1. The summed E-state index contributed by atoms with van der Waals surface area (Å²) in [7, 11) is 0. The Morgan fingerprint density at radius 1 is 1.13 bits per heavy atom. The van der Waals surface area contributed by atoms with Gasteiger partial charge in [0.05, 0.1) is 0 Å². The molecule has 0 saturated heterocycles. The number of hydrogen-bond acceptors (Lipinski definition) is 1. The lowest BCUT2D eigenvalue weighted by molar-refractivity contribution is -0.127. The smallest absolute Gasteiger partial charge is 0.223 e. The number of carbonyl (C=O) groups excluding carboxylic acids is 1. The molecule has 0 aromatic heterocycles. The molecule has 0 radical (unpaired) electrons. The average Bonchev–Trinajstić information content (AvgIpc) is 3.04. The molecule has 0 aromatic carbocycles. The fourth-order valence-electron chi connectivity index (χ4n) is 3.26. The molecule has 1 N–H and O–H groups in total. The summed E-state index contributed by atoms with van der Waals surface area (Å²) in [6.45, 7) is 4.36. The van der Waals surface area contributed by atoms with Crippen LogP contribution in [0.1, 0.15) is 46.0 Å². The number of carbonyl (C=O) groups is 1. The third-order valence-electron chi connectivity index (χ3n) is 4.66. The molecule has 3 rings (SSSR count). The lowest BCUT2D eigenvalue weighted by atomic mass is 9.95. The van der Waals surface area contributed by atoms with Crippen molar-refractivity contribution in [3.05, 3.63) is 0 Å². The van der Waals surface area contributed by atoms with Crippen molar-refractivity contribution in [3.63, 3.8) is 0 Å². The van der Waals surface area contributed by atoms with E-state index in [0.29, 0.717) is 11.8 Å². The highest BCUT2D eigenvalue weighted by molar-refractivity contribution is 5.80. The van der Waals surface area contributed by atoms with Gasteiger partial charge in [-0.15, -0.1) is 0 Å². The van der Waals surface area contributed by atoms with E-state index in [0.717, 1.165) is 30.6 Å². The van der Waals surface area contributed by atoms with E-state index in [-0.39, 0.29) is 5.54 Å². The highest BCUT2D eigenvalue weighted by Gasteiger charge is 2.49. The van der Waals surface area contributed by atoms with Crippen LogP contribution in [-0.2, 0) is 4.79 Å². The van der Waals surface area contributed by atoms with Crippen LogP contribution < -0.4 is 5.32 Å². The van der Waals surface area contributed by atoms with Crippen molar-refractivity contribution < 1.29 is 4.79 Å². The molecule has 15 heavy (non-hydrogen) atoms. The molecule has 2 unspecified atom stereocenters. The molecular weight excluding hydrogens is 186 g/mol. The van der Waals surface area contributed by atoms with Crippen molar-refractivity contribution in [2.45, 2.75) is 51.5 Å². The van der Waals surface area contributed by atoms with Crippen LogP contribution in [0.3, 0.4) is 0 Å². The first-order valence-electron chi connectivity index (χ1n) is 6.38. The van der Waals surface area contributed by atoms with Crippen molar-refractivity contribution >= 4 is 5.91 Å². The molecule has 0 heterocycles. The molecule has 2 nitrogen and oxygen atoms in total. The summed E-state index contributed by atoms with van der Waals surface area (Å²) in [5.74, 6) is 3.22. The maximum absolute atomic E-state index is 12.0. The topological polar surface area (TPSA) is 29.1 Å². The molecule has 3 aliphatic carbocycles. The fraction of sp³-hybridized carbons (Fsp3) is 0.923. The van der Waals surface area contributed by atoms with Gasteiger partial charge in [0.2, 0.25) is 5.91 Å². The van der Waals surface area contributed by atoms with Crippen molar-refractivity contribution in [2.75, 3.05) is 0 Å². The SMILES string of the molecule is CC(C)(NC(=O)C1CC2CC2C1)C1CC1. The quantitative estimate of drug-likeness (QED) is 0.756. The fourth-order valence-corrected chi connectivity index (χ4v) is 3.26. The van der Waals surface area contributed by atoms with Gasteiger partial charge in [-0.1, -0.05) is 0 Å². The third-order valence-corrected chi connectivity index (χ3v) is 4.66. The van der Waals surface area contributed by atoms with Crippen LogP contribution in [0.5, 0.6) is 0 Å². The molecule has 0 bridgehead atoms. The van der Waals surface area contributed by atoms with Gasteiger partial charge < -0.3 is 5.32 Å². The van der Waals surface area contributed by atoms with Gasteiger partial charge in [0, 0.05) is 11.5 Å². The van der Waals surface area contributed by atoms with Gasteiger partial charge in [0.25, 0.3) is 0 Å². The molecule has 3 saturated carbocycles. The molecule has 0 aromatic rings. The van der Waals surface area contributed by atoms with E-state index >= 15 is 0 Å². The Morgan fingerprint density at radius 2 is 1.73 bits per heavy atom. The first-order chi connectivity index (χ1) is 7.06. The van der Waals surface area contributed by atoms with Gasteiger partial charge in [-0.05, 0) is 63.7 Å². The highest BCUT2D eigenvalue weighted by Crippen LogP contribution is 2.54. The van der Waals surface area contributed by atoms with E-state index in [1.807, 2.05) is 0 Å². The second-order valence-corrected chi connectivity index (χ2v) is 6.41. The van der Waals surface area contributed by atoms with E-state index in [2.05, 4.69) is 19.2 Å². The van der Waals surface area contributed by atoms with E-state index < -0.39 is 0 Å². The van der Waals surface area contributed by atoms with Gasteiger partial charge in [-0.3, -0.25) is 4.79 Å². The van der Waals surface area contributed by atoms with Crippen LogP contribution in [0.2, 0.25) is 0 Å². The zero-order valence-electron chi connectivity index (χ0n) is 9.75. The largest absolute Gasteiger partial charge is 0.351 e. The third kappa shape index (κ3) is 1.79. The number of rotatable bonds is 3. The normalized spacial score (nSPS) is 38.7. The zero-order valence-corrected chi connectivity index (χ0v) is 9.75. The minimum atomic E-state index is 0.0455. The van der Waals surface area contributed by atoms with Crippen LogP contribution in [0.4, 0.5) is 0 Å². The summed E-state index contributed by atoms with van der Waals surface area (Å²) < 4.78 is 0. The first-order valence-corrected chi connectivity index (χ1v) is 6.38. The van der Waals surface area contributed by atoms with Gasteiger partial charge in [-0.25, -0.2) is 0 Å². The van der Waals surface area contributed by atoms with Crippen LogP contribution in [0, 0.1) is 23.7 Å². The summed E-state index contributed by atoms with van der Waals surface area (Å²) in [5, 5.41) is 3.26. The maximum Gasteiger partial charge on any atom is 0.223 e. The van der Waals surface area contributed by atoms with Gasteiger partial charge >= 0.3 is 0 Å². The minimum Gasteiger partial charge on any atom is -0.351 e. The van der Waals surface area contributed by atoms with E-state index in [1.54, 1.807) is 0 Å². The molecular formula is C13H21NO. The van der Waals surface area contributed by atoms with Crippen LogP contribution in [0.25, 0.3) is 0 Å². The predicted octanol–water partition coefficient (Wildman–Crippen LogP) is 2.34. The van der Waals surface area contributed by atoms with E-state index in [4.69, 9.17) is 0 Å². The summed E-state index contributed by atoms with van der Waals surface area (Å²) >= 11 is 0. The molecule has 84 valence electrons. The van der Waals surface area contributed by atoms with E-state index in [9.17, 15) is 4.79 Å². The van der Waals surface area contributed by atoms with Crippen LogP contribution in [-0.4, -0.2) is 11.4 Å². The monoisotopic (exact) mass is 207 g/mol. The Balaban J connectivity index is 1.56. The maximum atomic E-state index is 12.0. The average molecular weight is 207 g/mol. The van der Waals surface area contributed by atoms with Gasteiger partial charge in [0.15, 0.2) is 0 Å². The summed E-state index contributed by atoms with van der Waals surface area (Å²) in [6, 6.07) is 0. The first kappa shape index (κ1) is 9.68. The Morgan fingerprint density at radius 3 is 2.27 bits per heavy atom. The molecule has 3 aliphatic rings. The lowest BCUT2D eigenvalue weighted by Crippen LogP contribution is -2.47. The number of nitrogens with one attached hydrogen (secondary N) is 1. The molecule has 0 aliphatic heterocycles. The standard InChI is InChI=1S/C13H21NO/c1-13(2,11-3-4-11)14-12(15)10-6-8-5-9(8)7-10/h8-11H,3-7H2,1-2H3,(H,14,15). The summed E-state index contributed by atoms with van der Waals surface area (Å²) in [6.07, 6.45) is 6.32. The lowest BCUT2D eigenvalue weighted by Gasteiger charge is -2.28. The Hall–Kier alpha value is -0.530. The highest BCUT2D eigenvalue weighted by atomic mass is 16.2. The Labute approximate surface area is 91.8 Å².